The van der Waals surface area contributed by atoms with Gasteiger partial charge in [0.2, 0.25) is 0 Å². The Balaban J connectivity index is 1.55. The summed E-state index contributed by atoms with van der Waals surface area (Å²) in [6.07, 6.45) is 3.51. The zero-order valence-electron chi connectivity index (χ0n) is 12.4. The normalized spacial score (nSPS) is 16.3. The third-order valence-corrected chi connectivity index (χ3v) is 6.22. The molecule has 0 amide bonds. The quantitative estimate of drug-likeness (QED) is 0.622. The maximum Gasteiger partial charge on any atom is 0.191 e. The largest absolute Gasteiger partial charge is 0.297 e. The van der Waals surface area contributed by atoms with Gasteiger partial charge < -0.3 is 0 Å². The molecule has 1 aliphatic heterocycles. The summed E-state index contributed by atoms with van der Waals surface area (Å²) in [5.74, 6) is 2.27. The van der Waals surface area contributed by atoms with E-state index in [-0.39, 0.29) is 11.1 Å². The Morgan fingerprint density at radius 3 is 2.88 bits per heavy atom. The van der Waals surface area contributed by atoms with Crippen molar-refractivity contribution in [2.45, 2.75) is 16.1 Å². The van der Waals surface area contributed by atoms with Crippen LogP contribution in [0.4, 0.5) is 4.39 Å². The van der Waals surface area contributed by atoms with E-state index in [4.69, 9.17) is 11.6 Å². The summed E-state index contributed by atoms with van der Waals surface area (Å²) in [4.78, 5) is 5.01. The van der Waals surface area contributed by atoms with Gasteiger partial charge in [-0.1, -0.05) is 23.4 Å². The Labute approximate surface area is 151 Å². The smallest absolute Gasteiger partial charge is 0.191 e. The first kappa shape index (κ1) is 15.9. The standard InChI is InChI=1S/C16H12ClFN4S2/c17-13-7-12(1-2-14(13)18)23-8-11-9-24-16-21-20-15(22(11)16)10-3-5-19-6-4-10/h1-7,11H,8-9H2/t11-/m0/s1. The first-order chi connectivity index (χ1) is 11.7. The van der Waals surface area contributed by atoms with E-state index in [0.717, 1.165) is 32.9 Å². The molecule has 0 unspecified atom stereocenters. The van der Waals surface area contributed by atoms with E-state index in [1.54, 1.807) is 48.1 Å². The van der Waals surface area contributed by atoms with E-state index >= 15 is 0 Å². The number of halogens is 2. The van der Waals surface area contributed by atoms with Gasteiger partial charge in [0.15, 0.2) is 11.0 Å². The molecule has 0 saturated heterocycles. The number of fused-ring (bicyclic) bond motifs is 1. The van der Waals surface area contributed by atoms with Crippen LogP contribution in [0.1, 0.15) is 6.04 Å². The molecule has 4 rings (SSSR count). The van der Waals surface area contributed by atoms with Gasteiger partial charge >= 0.3 is 0 Å². The second kappa shape index (κ2) is 6.74. The van der Waals surface area contributed by atoms with Crippen molar-refractivity contribution >= 4 is 35.1 Å². The van der Waals surface area contributed by atoms with Gasteiger partial charge in [-0.2, -0.15) is 0 Å². The van der Waals surface area contributed by atoms with E-state index in [9.17, 15) is 4.39 Å². The Bertz CT molecular complexity index is 872. The lowest BCUT2D eigenvalue weighted by atomic mass is 10.2. The van der Waals surface area contributed by atoms with Crippen molar-refractivity contribution < 1.29 is 4.39 Å². The van der Waals surface area contributed by atoms with Gasteiger partial charge in [-0.3, -0.25) is 9.55 Å². The fourth-order valence-electron chi connectivity index (χ4n) is 2.53. The van der Waals surface area contributed by atoms with E-state index in [1.165, 1.54) is 6.07 Å². The first-order valence-corrected chi connectivity index (χ1v) is 9.63. The minimum Gasteiger partial charge on any atom is -0.297 e. The van der Waals surface area contributed by atoms with Crippen molar-refractivity contribution in [3.63, 3.8) is 0 Å². The van der Waals surface area contributed by atoms with E-state index in [0.29, 0.717) is 0 Å². The molecule has 2 aromatic heterocycles. The van der Waals surface area contributed by atoms with Crippen LogP contribution in [-0.2, 0) is 0 Å². The van der Waals surface area contributed by atoms with Gasteiger partial charge in [0, 0.05) is 34.4 Å². The van der Waals surface area contributed by atoms with E-state index in [2.05, 4.69) is 19.7 Å². The SMILES string of the molecule is Fc1ccc(SC[C@H]2CSc3nnc(-c4ccncc4)n32)cc1Cl. The van der Waals surface area contributed by atoms with Gasteiger partial charge in [0.25, 0.3) is 0 Å². The average molecular weight is 379 g/mol. The lowest BCUT2D eigenvalue weighted by Gasteiger charge is -2.14. The van der Waals surface area contributed by atoms with Gasteiger partial charge in [0.1, 0.15) is 5.82 Å². The topological polar surface area (TPSA) is 43.6 Å². The van der Waals surface area contributed by atoms with Crippen molar-refractivity contribution in [1.29, 1.82) is 0 Å². The van der Waals surface area contributed by atoms with Crippen LogP contribution in [0.25, 0.3) is 11.4 Å². The monoisotopic (exact) mass is 378 g/mol. The molecule has 24 heavy (non-hydrogen) atoms. The number of pyridine rings is 1. The summed E-state index contributed by atoms with van der Waals surface area (Å²) in [5, 5.41) is 9.69. The minimum absolute atomic E-state index is 0.156. The molecular formula is C16H12ClFN4S2. The van der Waals surface area contributed by atoms with Crippen molar-refractivity contribution in [2.24, 2.45) is 0 Å². The average Bonchev–Trinajstić information content (AvgIpc) is 3.19. The molecule has 3 heterocycles. The Hall–Kier alpha value is -1.57. The highest BCUT2D eigenvalue weighted by Crippen LogP contribution is 2.39. The molecule has 1 aliphatic rings. The summed E-state index contributed by atoms with van der Waals surface area (Å²) in [5.41, 5.74) is 1.01. The lowest BCUT2D eigenvalue weighted by molar-refractivity contribution is 0.597. The van der Waals surface area contributed by atoms with Crippen LogP contribution in [0, 0.1) is 5.82 Å². The van der Waals surface area contributed by atoms with Crippen LogP contribution in [0.5, 0.6) is 0 Å². The van der Waals surface area contributed by atoms with Gasteiger partial charge in [-0.15, -0.1) is 22.0 Å². The van der Waals surface area contributed by atoms with Crippen molar-refractivity contribution in [2.75, 3.05) is 11.5 Å². The van der Waals surface area contributed by atoms with Crippen LogP contribution in [0.15, 0.2) is 52.8 Å². The van der Waals surface area contributed by atoms with Crippen LogP contribution in [0.2, 0.25) is 5.02 Å². The summed E-state index contributed by atoms with van der Waals surface area (Å²) in [7, 11) is 0. The number of benzene rings is 1. The molecule has 0 spiro atoms. The molecule has 0 bridgehead atoms. The number of nitrogens with zero attached hydrogens (tertiary/aromatic N) is 4. The van der Waals surface area contributed by atoms with Gasteiger partial charge in [-0.05, 0) is 30.3 Å². The lowest BCUT2D eigenvalue weighted by Crippen LogP contribution is -2.11. The maximum absolute atomic E-state index is 13.3. The van der Waals surface area contributed by atoms with E-state index < -0.39 is 5.82 Å². The molecule has 122 valence electrons. The number of hydrogen-bond acceptors (Lipinski definition) is 5. The third-order valence-electron chi connectivity index (χ3n) is 3.71. The van der Waals surface area contributed by atoms with Crippen molar-refractivity contribution in [1.82, 2.24) is 19.7 Å². The number of rotatable bonds is 4. The van der Waals surface area contributed by atoms with Gasteiger partial charge in [-0.25, -0.2) is 4.39 Å². The molecule has 4 nitrogen and oxygen atoms in total. The molecular weight excluding hydrogens is 367 g/mol. The zero-order valence-corrected chi connectivity index (χ0v) is 14.8. The molecule has 8 heteroatoms. The fourth-order valence-corrected chi connectivity index (χ4v) is 5.02. The molecule has 0 aliphatic carbocycles. The number of hydrogen-bond donors (Lipinski definition) is 0. The van der Waals surface area contributed by atoms with E-state index in [1.807, 2.05) is 12.1 Å². The first-order valence-electron chi connectivity index (χ1n) is 7.28. The van der Waals surface area contributed by atoms with Crippen LogP contribution in [-0.4, -0.2) is 31.3 Å². The third kappa shape index (κ3) is 3.03. The molecule has 1 aromatic carbocycles. The molecule has 1 atom stereocenters. The minimum atomic E-state index is -0.390. The summed E-state index contributed by atoms with van der Waals surface area (Å²) in [6.45, 7) is 0. The second-order valence-corrected chi connectivity index (χ2v) is 7.75. The highest BCUT2D eigenvalue weighted by molar-refractivity contribution is 8.00. The highest BCUT2D eigenvalue weighted by atomic mass is 35.5. The molecule has 0 fully saturated rings. The summed E-state index contributed by atoms with van der Waals surface area (Å²) < 4.78 is 15.4. The Morgan fingerprint density at radius 1 is 1.25 bits per heavy atom. The van der Waals surface area contributed by atoms with Crippen molar-refractivity contribution in [3.05, 3.63) is 53.6 Å². The van der Waals surface area contributed by atoms with Crippen LogP contribution in [0.3, 0.4) is 0 Å². The second-order valence-electron chi connectivity index (χ2n) is 5.26. The van der Waals surface area contributed by atoms with Crippen LogP contribution < -0.4 is 0 Å². The maximum atomic E-state index is 13.3. The molecule has 0 radical (unpaired) electrons. The predicted molar refractivity (Wildman–Crippen MR) is 95.1 cm³/mol. The molecule has 0 saturated carbocycles. The number of aromatic nitrogens is 4. The Kier molecular flexibility index (Phi) is 4.47. The predicted octanol–water partition coefficient (Wildman–Crippen LogP) is 4.57. The fraction of sp³-hybridized carbons (Fsp3) is 0.188. The summed E-state index contributed by atoms with van der Waals surface area (Å²) >= 11 is 9.22. The molecule has 0 N–H and O–H groups in total. The Morgan fingerprint density at radius 2 is 2.08 bits per heavy atom. The van der Waals surface area contributed by atoms with Crippen LogP contribution >= 0.6 is 35.1 Å². The number of thioether (sulfide) groups is 2. The molecule has 3 aromatic rings. The van der Waals surface area contributed by atoms with Crippen molar-refractivity contribution in [3.8, 4) is 11.4 Å². The highest BCUT2D eigenvalue weighted by Gasteiger charge is 2.28. The summed E-state index contributed by atoms with van der Waals surface area (Å²) in [6, 6.07) is 8.97. The zero-order chi connectivity index (χ0) is 16.5. The van der Waals surface area contributed by atoms with Gasteiger partial charge in [0.05, 0.1) is 11.1 Å².